The van der Waals surface area contributed by atoms with E-state index in [4.69, 9.17) is 0 Å². The number of nitrogens with zero attached hydrogens (tertiary/aromatic N) is 1. The normalized spacial score (nSPS) is 10.3. The molecule has 84 valence electrons. The fraction of sp³-hybridized carbons (Fsp3) is 0.538. The Morgan fingerprint density at radius 3 is 2.40 bits per heavy atom. The van der Waals surface area contributed by atoms with Crippen LogP contribution in [0.1, 0.15) is 25.3 Å². The maximum Gasteiger partial charge on any atom is 0.0363 e. The topological polar surface area (TPSA) is 3.24 Å². The fourth-order valence-electron chi connectivity index (χ4n) is 1.64. The summed E-state index contributed by atoms with van der Waals surface area (Å²) in [4.78, 5) is 2.28. The smallest absolute Gasteiger partial charge is 0.0363 e. The highest BCUT2D eigenvalue weighted by atomic mass is 32.1. The van der Waals surface area contributed by atoms with Gasteiger partial charge in [-0.3, -0.25) is 0 Å². The van der Waals surface area contributed by atoms with Crippen LogP contribution in [0.5, 0.6) is 0 Å². The Hall–Kier alpha value is -0.630. The molecule has 0 saturated heterocycles. The average molecular weight is 223 g/mol. The molecule has 0 atom stereocenters. The molecule has 1 aromatic carbocycles. The lowest BCUT2D eigenvalue weighted by Gasteiger charge is -2.19. The number of hydrogen-bond donors (Lipinski definition) is 1. The van der Waals surface area contributed by atoms with Crippen molar-refractivity contribution in [1.82, 2.24) is 0 Å². The van der Waals surface area contributed by atoms with Crippen LogP contribution in [0.3, 0.4) is 0 Å². The number of thiol groups is 1. The lowest BCUT2D eigenvalue weighted by molar-refractivity contribution is 0.859. The van der Waals surface area contributed by atoms with Crippen molar-refractivity contribution in [2.75, 3.05) is 24.2 Å². The zero-order valence-electron chi connectivity index (χ0n) is 9.74. The van der Waals surface area contributed by atoms with E-state index in [1.807, 2.05) is 0 Å². The number of anilines is 1. The van der Waals surface area contributed by atoms with Gasteiger partial charge in [-0.2, -0.15) is 12.6 Å². The minimum absolute atomic E-state index is 0.957. The first-order valence-electron chi connectivity index (χ1n) is 5.69. The molecule has 0 aliphatic rings. The Morgan fingerprint density at radius 2 is 1.87 bits per heavy atom. The molecule has 15 heavy (non-hydrogen) atoms. The van der Waals surface area contributed by atoms with Gasteiger partial charge >= 0.3 is 0 Å². The maximum atomic E-state index is 4.23. The first-order chi connectivity index (χ1) is 7.27. The summed E-state index contributed by atoms with van der Waals surface area (Å²) in [6, 6.07) is 8.89. The molecule has 0 spiro atoms. The molecule has 0 aliphatic carbocycles. The Kier molecular flexibility index (Phi) is 5.62. The summed E-state index contributed by atoms with van der Waals surface area (Å²) in [6.07, 6.45) is 3.53. The van der Waals surface area contributed by atoms with Crippen LogP contribution in [0.25, 0.3) is 0 Å². The second kappa shape index (κ2) is 6.78. The Bertz CT molecular complexity index is 268. The molecule has 0 aliphatic heterocycles. The summed E-state index contributed by atoms with van der Waals surface area (Å²) in [7, 11) is 2.14. The summed E-state index contributed by atoms with van der Waals surface area (Å²) >= 11 is 4.23. The molecule has 2 heteroatoms. The van der Waals surface area contributed by atoms with Crippen molar-refractivity contribution in [3.05, 3.63) is 29.8 Å². The van der Waals surface area contributed by atoms with E-state index in [1.54, 1.807) is 0 Å². The van der Waals surface area contributed by atoms with Gasteiger partial charge in [0.05, 0.1) is 0 Å². The Labute approximate surface area is 98.9 Å². The SMILES string of the molecule is CCCc1ccc(N(C)CCCS)cc1. The molecule has 1 aromatic rings. The van der Waals surface area contributed by atoms with Gasteiger partial charge in [0.15, 0.2) is 0 Å². The highest BCUT2D eigenvalue weighted by Gasteiger charge is 1.99. The predicted molar refractivity (Wildman–Crippen MR) is 72.2 cm³/mol. The molecule has 0 radical (unpaired) electrons. The molecule has 0 fully saturated rings. The zero-order valence-corrected chi connectivity index (χ0v) is 10.6. The van der Waals surface area contributed by atoms with E-state index in [1.165, 1.54) is 24.1 Å². The van der Waals surface area contributed by atoms with Crippen LogP contribution in [0.4, 0.5) is 5.69 Å². The minimum Gasteiger partial charge on any atom is -0.375 e. The molecule has 0 bridgehead atoms. The molecule has 0 N–H and O–H groups in total. The Morgan fingerprint density at radius 1 is 1.20 bits per heavy atom. The van der Waals surface area contributed by atoms with Gasteiger partial charge in [-0.05, 0) is 36.3 Å². The molecule has 0 unspecified atom stereocenters. The van der Waals surface area contributed by atoms with E-state index in [0.29, 0.717) is 0 Å². The van der Waals surface area contributed by atoms with Crippen molar-refractivity contribution in [1.29, 1.82) is 0 Å². The lowest BCUT2D eigenvalue weighted by Crippen LogP contribution is -2.18. The summed E-state index contributed by atoms with van der Waals surface area (Å²) in [5.74, 6) is 0.957. The fourth-order valence-corrected chi connectivity index (χ4v) is 1.78. The van der Waals surface area contributed by atoms with Crippen LogP contribution in [0.2, 0.25) is 0 Å². The van der Waals surface area contributed by atoms with Gasteiger partial charge < -0.3 is 4.90 Å². The monoisotopic (exact) mass is 223 g/mol. The largest absolute Gasteiger partial charge is 0.375 e. The van der Waals surface area contributed by atoms with Crippen LogP contribution in [0, 0.1) is 0 Å². The van der Waals surface area contributed by atoms with E-state index in [0.717, 1.165) is 18.7 Å². The van der Waals surface area contributed by atoms with Gasteiger partial charge in [0.2, 0.25) is 0 Å². The first-order valence-corrected chi connectivity index (χ1v) is 6.32. The van der Waals surface area contributed by atoms with Crippen LogP contribution >= 0.6 is 12.6 Å². The highest BCUT2D eigenvalue weighted by Crippen LogP contribution is 2.15. The first kappa shape index (κ1) is 12.4. The van der Waals surface area contributed by atoms with Crippen molar-refractivity contribution in [2.45, 2.75) is 26.2 Å². The van der Waals surface area contributed by atoms with E-state index >= 15 is 0 Å². The van der Waals surface area contributed by atoms with Crippen LogP contribution in [-0.2, 0) is 6.42 Å². The number of benzene rings is 1. The van der Waals surface area contributed by atoms with E-state index in [2.05, 4.69) is 55.8 Å². The Balaban J connectivity index is 2.54. The third kappa shape index (κ3) is 4.17. The van der Waals surface area contributed by atoms with E-state index < -0.39 is 0 Å². The third-order valence-corrected chi connectivity index (χ3v) is 2.88. The van der Waals surface area contributed by atoms with Crippen molar-refractivity contribution < 1.29 is 0 Å². The summed E-state index contributed by atoms with van der Waals surface area (Å²) in [5.41, 5.74) is 2.74. The number of hydrogen-bond acceptors (Lipinski definition) is 2. The quantitative estimate of drug-likeness (QED) is 0.723. The van der Waals surface area contributed by atoms with Crippen molar-refractivity contribution in [3.63, 3.8) is 0 Å². The van der Waals surface area contributed by atoms with E-state index in [-0.39, 0.29) is 0 Å². The molecular formula is C13H21NS. The minimum atomic E-state index is 0.957. The number of rotatable bonds is 6. The summed E-state index contributed by atoms with van der Waals surface area (Å²) in [6.45, 7) is 3.29. The summed E-state index contributed by atoms with van der Waals surface area (Å²) < 4.78 is 0. The molecular weight excluding hydrogens is 202 g/mol. The lowest BCUT2D eigenvalue weighted by atomic mass is 10.1. The van der Waals surface area contributed by atoms with Gasteiger partial charge in [-0.15, -0.1) is 0 Å². The van der Waals surface area contributed by atoms with Crippen LogP contribution < -0.4 is 4.90 Å². The molecule has 1 rings (SSSR count). The van der Waals surface area contributed by atoms with Gasteiger partial charge in [0.1, 0.15) is 0 Å². The molecule has 0 heterocycles. The average Bonchev–Trinajstić information content (AvgIpc) is 2.27. The predicted octanol–water partition coefficient (Wildman–Crippen LogP) is 3.40. The molecule has 0 amide bonds. The van der Waals surface area contributed by atoms with Gasteiger partial charge in [-0.1, -0.05) is 25.5 Å². The number of aryl methyl sites for hydroxylation is 1. The van der Waals surface area contributed by atoms with Crippen molar-refractivity contribution >= 4 is 18.3 Å². The van der Waals surface area contributed by atoms with Gasteiger partial charge in [0, 0.05) is 19.3 Å². The maximum absolute atomic E-state index is 4.23. The molecule has 0 saturated carbocycles. The van der Waals surface area contributed by atoms with Crippen molar-refractivity contribution in [3.8, 4) is 0 Å². The molecule has 0 aromatic heterocycles. The summed E-state index contributed by atoms with van der Waals surface area (Å²) in [5, 5.41) is 0. The highest BCUT2D eigenvalue weighted by molar-refractivity contribution is 7.80. The second-order valence-electron chi connectivity index (χ2n) is 3.92. The van der Waals surface area contributed by atoms with Gasteiger partial charge in [-0.25, -0.2) is 0 Å². The van der Waals surface area contributed by atoms with Crippen LogP contribution in [-0.4, -0.2) is 19.3 Å². The third-order valence-electron chi connectivity index (χ3n) is 2.57. The second-order valence-corrected chi connectivity index (χ2v) is 4.36. The zero-order chi connectivity index (χ0) is 11.1. The van der Waals surface area contributed by atoms with Crippen molar-refractivity contribution in [2.24, 2.45) is 0 Å². The van der Waals surface area contributed by atoms with Gasteiger partial charge in [0.25, 0.3) is 0 Å². The van der Waals surface area contributed by atoms with Crippen LogP contribution in [0.15, 0.2) is 24.3 Å². The van der Waals surface area contributed by atoms with E-state index in [9.17, 15) is 0 Å². The molecule has 1 nitrogen and oxygen atoms in total. The standard InChI is InChI=1S/C13H21NS/c1-3-5-12-6-8-13(9-7-12)14(2)10-4-11-15/h6-9,15H,3-5,10-11H2,1-2H3.